The monoisotopic (exact) mass is 358 g/mol. The van der Waals surface area contributed by atoms with Gasteiger partial charge in [-0.1, -0.05) is 0 Å². The van der Waals surface area contributed by atoms with Crippen LogP contribution >= 0.6 is 0 Å². The number of nitrogens with one attached hydrogen (secondary N) is 1. The Balaban J connectivity index is 1.61. The Hall–Kier alpha value is -4.05. The Morgan fingerprint density at radius 3 is 2.59 bits per heavy atom. The van der Waals surface area contributed by atoms with Gasteiger partial charge in [0.1, 0.15) is 23.0 Å². The van der Waals surface area contributed by atoms with E-state index in [1.54, 1.807) is 42.2 Å². The molecule has 0 aliphatic rings. The fourth-order valence-corrected chi connectivity index (χ4v) is 2.83. The van der Waals surface area contributed by atoms with Crippen LogP contribution in [0.3, 0.4) is 0 Å². The van der Waals surface area contributed by atoms with Crippen LogP contribution in [0.15, 0.2) is 70.2 Å². The first-order valence-corrected chi connectivity index (χ1v) is 8.14. The lowest BCUT2D eigenvalue weighted by Gasteiger charge is -2.05. The van der Waals surface area contributed by atoms with Crippen LogP contribution in [0.25, 0.3) is 17.2 Å². The molecule has 0 radical (unpaired) electrons. The number of rotatable bonds is 4. The van der Waals surface area contributed by atoms with Gasteiger partial charge in [0.05, 0.1) is 6.20 Å². The van der Waals surface area contributed by atoms with Crippen molar-refractivity contribution in [3.8, 4) is 23.3 Å². The molecule has 7 nitrogen and oxygen atoms in total. The molecule has 0 saturated heterocycles. The lowest BCUT2D eigenvalue weighted by atomic mass is 10.1. The minimum absolute atomic E-state index is 0.194. The van der Waals surface area contributed by atoms with Crippen molar-refractivity contribution in [3.05, 3.63) is 78.3 Å². The minimum atomic E-state index is -0.404. The van der Waals surface area contributed by atoms with Crippen molar-refractivity contribution in [2.24, 2.45) is 0 Å². The number of benzene rings is 1. The van der Waals surface area contributed by atoms with Gasteiger partial charge in [0.2, 0.25) is 5.88 Å². The van der Waals surface area contributed by atoms with Gasteiger partial charge in [0.25, 0.3) is 5.91 Å². The van der Waals surface area contributed by atoms with E-state index in [2.05, 4.69) is 16.4 Å². The van der Waals surface area contributed by atoms with E-state index in [4.69, 9.17) is 8.83 Å². The minimum Gasteiger partial charge on any atom is -0.444 e. The number of hydrogen-bond acceptors (Lipinski definition) is 5. The van der Waals surface area contributed by atoms with E-state index in [1.165, 1.54) is 6.39 Å². The second-order valence-electron chi connectivity index (χ2n) is 5.81. The van der Waals surface area contributed by atoms with Gasteiger partial charge in [0.15, 0.2) is 12.2 Å². The molecule has 0 saturated carbocycles. The quantitative estimate of drug-likeness (QED) is 0.591. The zero-order valence-corrected chi connectivity index (χ0v) is 14.3. The maximum absolute atomic E-state index is 12.8. The summed E-state index contributed by atoms with van der Waals surface area (Å²) in [6.45, 7) is 1.66. The summed E-state index contributed by atoms with van der Waals surface area (Å²) in [4.78, 5) is 16.6. The summed E-state index contributed by atoms with van der Waals surface area (Å²) in [5.74, 6) is 0.942. The molecule has 132 valence electrons. The number of furan rings is 1. The topological polar surface area (TPSA) is 97.0 Å². The lowest BCUT2D eigenvalue weighted by molar-refractivity contribution is 0.102. The van der Waals surface area contributed by atoms with Crippen molar-refractivity contribution in [1.29, 1.82) is 5.26 Å². The van der Waals surface area contributed by atoms with Gasteiger partial charge < -0.3 is 14.2 Å². The van der Waals surface area contributed by atoms with Crippen molar-refractivity contribution in [1.82, 2.24) is 9.55 Å². The van der Waals surface area contributed by atoms with Crippen LogP contribution in [0.5, 0.6) is 0 Å². The first-order chi connectivity index (χ1) is 13.2. The smallest absolute Gasteiger partial charge is 0.260 e. The Morgan fingerprint density at radius 2 is 1.96 bits per heavy atom. The summed E-state index contributed by atoms with van der Waals surface area (Å²) >= 11 is 0. The van der Waals surface area contributed by atoms with Crippen LogP contribution in [-0.2, 0) is 0 Å². The zero-order valence-electron chi connectivity index (χ0n) is 14.3. The van der Waals surface area contributed by atoms with Crippen LogP contribution in [0.2, 0.25) is 0 Å². The van der Waals surface area contributed by atoms with Crippen molar-refractivity contribution in [3.63, 3.8) is 0 Å². The summed E-state index contributed by atoms with van der Waals surface area (Å²) in [5.41, 5.74) is 1.85. The fourth-order valence-electron chi connectivity index (χ4n) is 2.83. The van der Waals surface area contributed by atoms with E-state index >= 15 is 0 Å². The maximum atomic E-state index is 12.8. The fraction of sp³-hybridized carbons (Fsp3) is 0.0500. The average molecular weight is 358 g/mol. The Labute approximate surface area is 154 Å². The molecule has 0 fully saturated rings. The normalized spacial score (nSPS) is 10.5. The van der Waals surface area contributed by atoms with Crippen LogP contribution in [-0.4, -0.2) is 15.5 Å². The van der Waals surface area contributed by atoms with Crippen molar-refractivity contribution >= 4 is 11.6 Å². The zero-order chi connectivity index (χ0) is 18.8. The molecular weight excluding hydrogens is 344 g/mol. The number of oxazole rings is 1. The number of anilines is 1. The molecule has 0 aliphatic heterocycles. The second kappa shape index (κ2) is 6.69. The Bertz CT molecular complexity index is 1120. The molecule has 0 bridgehead atoms. The second-order valence-corrected chi connectivity index (χ2v) is 5.81. The Morgan fingerprint density at radius 1 is 1.22 bits per heavy atom. The number of carbonyl (C=O) groups excluding carboxylic acids is 1. The molecule has 0 atom stereocenters. The molecular formula is C20H14N4O3. The molecule has 7 heteroatoms. The summed E-state index contributed by atoms with van der Waals surface area (Å²) in [5, 5.41) is 12.3. The first-order valence-electron chi connectivity index (χ1n) is 8.14. The van der Waals surface area contributed by atoms with Gasteiger partial charge in [0, 0.05) is 23.6 Å². The predicted molar refractivity (Wildman–Crippen MR) is 97.4 cm³/mol. The highest BCUT2D eigenvalue weighted by Gasteiger charge is 2.24. The van der Waals surface area contributed by atoms with E-state index in [0.29, 0.717) is 23.1 Å². The number of aromatic nitrogens is 2. The lowest BCUT2D eigenvalue weighted by Crippen LogP contribution is -2.13. The number of aryl methyl sites for hydroxylation is 1. The Kier molecular flexibility index (Phi) is 4.07. The third kappa shape index (κ3) is 3.00. The first kappa shape index (κ1) is 16.4. The molecule has 0 aliphatic carbocycles. The standard InChI is InChI=1S/C20H14N4O3/c1-13-18(16(10-21)20(27-13)24-8-2-3-9-24)19(25)23-15-6-4-14(5-7-15)17-11-22-12-26-17/h2-9,11-12H,1H3,(H,23,25). The van der Waals surface area contributed by atoms with Gasteiger partial charge >= 0.3 is 0 Å². The molecule has 0 unspecified atom stereocenters. The molecule has 3 heterocycles. The highest BCUT2D eigenvalue weighted by atomic mass is 16.4. The summed E-state index contributed by atoms with van der Waals surface area (Å²) in [7, 11) is 0. The third-order valence-electron chi connectivity index (χ3n) is 4.10. The third-order valence-corrected chi connectivity index (χ3v) is 4.10. The van der Waals surface area contributed by atoms with Crippen LogP contribution in [0.4, 0.5) is 5.69 Å². The number of carbonyl (C=O) groups is 1. The van der Waals surface area contributed by atoms with Gasteiger partial charge in [-0.3, -0.25) is 9.36 Å². The van der Waals surface area contributed by atoms with Gasteiger partial charge in [-0.25, -0.2) is 4.98 Å². The highest BCUT2D eigenvalue weighted by molar-refractivity contribution is 6.07. The molecule has 4 aromatic rings. The van der Waals surface area contributed by atoms with E-state index < -0.39 is 5.91 Å². The van der Waals surface area contributed by atoms with Gasteiger partial charge in [-0.05, 0) is 43.3 Å². The molecule has 3 aromatic heterocycles. The maximum Gasteiger partial charge on any atom is 0.260 e. The average Bonchev–Trinajstić information content (AvgIpc) is 3.42. The number of nitriles is 1. The van der Waals surface area contributed by atoms with Crippen molar-refractivity contribution in [2.75, 3.05) is 5.32 Å². The van der Waals surface area contributed by atoms with Crippen LogP contribution in [0.1, 0.15) is 21.7 Å². The number of nitrogens with zero attached hydrogens (tertiary/aromatic N) is 3. The van der Waals surface area contributed by atoms with E-state index in [9.17, 15) is 10.1 Å². The highest BCUT2D eigenvalue weighted by Crippen LogP contribution is 2.27. The van der Waals surface area contributed by atoms with Crippen molar-refractivity contribution < 1.29 is 13.6 Å². The van der Waals surface area contributed by atoms with Gasteiger partial charge in [-0.2, -0.15) is 5.26 Å². The molecule has 1 N–H and O–H groups in total. The van der Waals surface area contributed by atoms with Crippen molar-refractivity contribution in [2.45, 2.75) is 6.92 Å². The summed E-state index contributed by atoms with van der Waals surface area (Å²) in [6.07, 6.45) is 6.48. The van der Waals surface area contributed by atoms with E-state index in [0.717, 1.165) is 5.56 Å². The number of amides is 1. The van der Waals surface area contributed by atoms with E-state index in [-0.39, 0.29) is 11.1 Å². The molecule has 0 spiro atoms. The SMILES string of the molecule is Cc1oc(-n2cccc2)c(C#N)c1C(=O)Nc1ccc(-c2cnco2)cc1. The summed E-state index contributed by atoms with van der Waals surface area (Å²) < 4.78 is 12.6. The molecule has 1 amide bonds. The molecule has 27 heavy (non-hydrogen) atoms. The molecule has 4 rings (SSSR count). The van der Waals surface area contributed by atoms with Crippen LogP contribution < -0.4 is 5.32 Å². The predicted octanol–water partition coefficient (Wildman–Crippen LogP) is 4.16. The van der Waals surface area contributed by atoms with E-state index in [1.807, 2.05) is 24.3 Å². The number of hydrogen-bond donors (Lipinski definition) is 1. The van der Waals surface area contributed by atoms with Crippen LogP contribution in [0, 0.1) is 18.3 Å². The van der Waals surface area contributed by atoms with Gasteiger partial charge in [-0.15, -0.1) is 0 Å². The molecule has 1 aromatic carbocycles. The largest absolute Gasteiger partial charge is 0.444 e. The summed E-state index contributed by atoms with van der Waals surface area (Å²) in [6, 6.07) is 12.8.